The van der Waals surface area contributed by atoms with E-state index in [1.807, 2.05) is 48.9 Å². The molecule has 0 aliphatic rings. The highest BCUT2D eigenvalue weighted by atomic mass is 79.9. The monoisotopic (exact) mass is 350 g/mol. The molecule has 20 heavy (non-hydrogen) atoms. The van der Waals surface area contributed by atoms with Crippen molar-refractivity contribution in [2.45, 2.75) is 6.92 Å². The Hall–Kier alpha value is -1.52. The Balaban J connectivity index is 2.01. The summed E-state index contributed by atoms with van der Waals surface area (Å²) < 4.78 is 8.82. The summed E-state index contributed by atoms with van der Waals surface area (Å²) in [6.07, 6.45) is 1.78. The molecule has 0 radical (unpaired) electrons. The number of hydrogen-bond donors (Lipinski definition) is 0. The van der Waals surface area contributed by atoms with Gasteiger partial charge in [-0.2, -0.15) is 0 Å². The van der Waals surface area contributed by atoms with E-state index in [2.05, 4.69) is 20.9 Å². The zero-order valence-corrected chi connectivity index (χ0v) is 13.4. The molecule has 2 aromatic carbocycles. The van der Waals surface area contributed by atoms with Crippen molar-refractivity contribution in [3.8, 4) is 11.5 Å². The van der Waals surface area contributed by atoms with Gasteiger partial charge in [-0.25, -0.2) is 4.98 Å². The molecule has 0 unspecified atom stereocenters. The molecule has 0 fully saturated rings. The van der Waals surface area contributed by atoms with E-state index >= 15 is 0 Å². The molecule has 0 aliphatic heterocycles. The molecule has 3 aromatic rings. The minimum atomic E-state index is 0.581. The van der Waals surface area contributed by atoms with Gasteiger partial charge in [-0.15, -0.1) is 0 Å². The van der Waals surface area contributed by atoms with Gasteiger partial charge in [0.05, 0.1) is 22.4 Å². The number of fused-ring (bicyclic) bond motifs is 1. The lowest BCUT2D eigenvalue weighted by atomic mass is 10.2. The van der Waals surface area contributed by atoms with Crippen LogP contribution in [-0.2, 0) is 7.05 Å². The van der Waals surface area contributed by atoms with Gasteiger partial charge in [-0.1, -0.05) is 27.5 Å². The van der Waals surface area contributed by atoms with E-state index in [1.165, 1.54) is 0 Å². The maximum Gasteiger partial charge on any atom is 0.148 e. The molecule has 0 aliphatic carbocycles. The summed E-state index contributed by atoms with van der Waals surface area (Å²) in [6, 6.07) is 9.61. The Kier molecular flexibility index (Phi) is 3.44. The van der Waals surface area contributed by atoms with Crippen molar-refractivity contribution < 1.29 is 4.74 Å². The number of aromatic nitrogens is 2. The lowest BCUT2D eigenvalue weighted by Gasteiger charge is -2.11. The number of hydrogen-bond acceptors (Lipinski definition) is 2. The fourth-order valence-corrected chi connectivity index (χ4v) is 3.12. The van der Waals surface area contributed by atoms with E-state index in [0.717, 1.165) is 26.8 Å². The molecule has 3 rings (SSSR count). The van der Waals surface area contributed by atoms with Gasteiger partial charge < -0.3 is 9.30 Å². The van der Waals surface area contributed by atoms with Crippen LogP contribution in [0.4, 0.5) is 0 Å². The number of imidazole rings is 1. The van der Waals surface area contributed by atoms with Crippen molar-refractivity contribution in [3.05, 3.63) is 51.7 Å². The summed E-state index contributed by atoms with van der Waals surface area (Å²) >= 11 is 9.65. The maximum absolute atomic E-state index is 6.23. The van der Waals surface area contributed by atoms with Crippen LogP contribution >= 0.6 is 27.5 Å². The van der Waals surface area contributed by atoms with Crippen LogP contribution in [0.1, 0.15) is 5.56 Å². The van der Waals surface area contributed by atoms with Crippen LogP contribution in [0.25, 0.3) is 11.0 Å². The molecule has 1 heterocycles. The molecule has 5 heteroatoms. The van der Waals surface area contributed by atoms with Gasteiger partial charge >= 0.3 is 0 Å². The molecule has 0 bridgehead atoms. The Bertz CT molecular complexity index is 775. The Morgan fingerprint density at radius 2 is 2.05 bits per heavy atom. The van der Waals surface area contributed by atoms with E-state index in [-0.39, 0.29) is 0 Å². The number of nitrogens with zero attached hydrogens (tertiary/aromatic N) is 2. The maximum atomic E-state index is 6.23. The number of ether oxygens (including phenoxy) is 1. The lowest BCUT2D eigenvalue weighted by Crippen LogP contribution is -1.90. The van der Waals surface area contributed by atoms with Crippen LogP contribution in [0, 0.1) is 6.92 Å². The van der Waals surface area contributed by atoms with Crippen molar-refractivity contribution in [2.24, 2.45) is 7.05 Å². The SMILES string of the molecule is Cc1cc(Br)cc(Cl)c1Oc1ccc2c(c1)ncn2C. The summed E-state index contributed by atoms with van der Waals surface area (Å²) in [4.78, 5) is 4.32. The van der Waals surface area contributed by atoms with Gasteiger partial charge in [-0.3, -0.25) is 0 Å². The van der Waals surface area contributed by atoms with Crippen LogP contribution in [0.2, 0.25) is 5.02 Å². The molecule has 1 aromatic heterocycles. The lowest BCUT2D eigenvalue weighted by molar-refractivity contribution is 0.479. The number of aryl methyl sites for hydroxylation is 2. The fourth-order valence-electron chi connectivity index (χ4n) is 2.12. The zero-order chi connectivity index (χ0) is 14.3. The third-order valence-electron chi connectivity index (χ3n) is 3.11. The third kappa shape index (κ3) is 2.41. The van der Waals surface area contributed by atoms with Crippen molar-refractivity contribution in [1.29, 1.82) is 0 Å². The number of benzene rings is 2. The molecule has 0 amide bonds. The average molecular weight is 352 g/mol. The van der Waals surface area contributed by atoms with E-state index < -0.39 is 0 Å². The zero-order valence-electron chi connectivity index (χ0n) is 11.0. The second kappa shape index (κ2) is 5.11. The van der Waals surface area contributed by atoms with E-state index in [9.17, 15) is 0 Å². The highest BCUT2D eigenvalue weighted by molar-refractivity contribution is 9.10. The molecule has 0 saturated heterocycles. The first kappa shape index (κ1) is 13.5. The molecule has 0 N–H and O–H groups in total. The summed E-state index contributed by atoms with van der Waals surface area (Å²) in [5.74, 6) is 1.40. The minimum Gasteiger partial charge on any atom is -0.455 e. The van der Waals surface area contributed by atoms with E-state index in [0.29, 0.717) is 10.8 Å². The summed E-state index contributed by atoms with van der Waals surface area (Å²) in [6.45, 7) is 1.96. The van der Waals surface area contributed by atoms with Crippen LogP contribution < -0.4 is 4.74 Å². The molecule has 3 nitrogen and oxygen atoms in total. The highest BCUT2D eigenvalue weighted by Gasteiger charge is 2.09. The highest BCUT2D eigenvalue weighted by Crippen LogP contribution is 2.35. The topological polar surface area (TPSA) is 27.1 Å². The summed E-state index contributed by atoms with van der Waals surface area (Å²) in [5.41, 5.74) is 2.94. The Morgan fingerprint density at radius 1 is 1.25 bits per heavy atom. The molecular formula is C15H12BrClN2O. The summed E-state index contributed by atoms with van der Waals surface area (Å²) in [5, 5.41) is 0.581. The smallest absolute Gasteiger partial charge is 0.148 e. The van der Waals surface area contributed by atoms with Gasteiger partial charge in [-0.05, 0) is 36.8 Å². The predicted molar refractivity (Wildman–Crippen MR) is 84.7 cm³/mol. The van der Waals surface area contributed by atoms with Crippen LogP contribution in [-0.4, -0.2) is 9.55 Å². The van der Waals surface area contributed by atoms with Crippen molar-refractivity contribution >= 4 is 38.6 Å². The van der Waals surface area contributed by atoms with Gasteiger partial charge in [0, 0.05) is 17.6 Å². The van der Waals surface area contributed by atoms with Crippen molar-refractivity contribution in [3.63, 3.8) is 0 Å². The quantitative estimate of drug-likeness (QED) is 0.643. The second-order valence-corrected chi connectivity index (χ2v) is 5.96. The fraction of sp³-hybridized carbons (Fsp3) is 0.133. The molecule has 0 saturated carbocycles. The first-order valence-electron chi connectivity index (χ1n) is 6.09. The van der Waals surface area contributed by atoms with Crippen LogP contribution in [0.15, 0.2) is 41.1 Å². The normalized spacial score (nSPS) is 11.0. The van der Waals surface area contributed by atoms with Gasteiger partial charge in [0.2, 0.25) is 0 Å². The molecule has 102 valence electrons. The number of rotatable bonds is 2. The largest absolute Gasteiger partial charge is 0.455 e. The molecule has 0 atom stereocenters. The van der Waals surface area contributed by atoms with Crippen molar-refractivity contribution in [2.75, 3.05) is 0 Å². The standard InChI is InChI=1S/C15H12BrClN2O/c1-9-5-10(16)6-12(17)15(9)20-11-3-4-14-13(7-11)18-8-19(14)2/h3-8H,1-2H3. The third-order valence-corrected chi connectivity index (χ3v) is 3.85. The van der Waals surface area contributed by atoms with Gasteiger partial charge in [0.25, 0.3) is 0 Å². The van der Waals surface area contributed by atoms with Crippen molar-refractivity contribution in [1.82, 2.24) is 9.55 Å². The Labute approximate surface area is 130 Å². The first-order valence-corrected chi connectivity index (χ1v) is 7.26. The van der Waals surface area contributed by atoms with Gasteiger partial charge in [0.1, 0.15) is 11.5 Å². The minimum absolute atomic E-state index is 0.581. The van der Waals surface area contributed by atoms with E-state index in [4.69, 9.17) is 16.3 Å². The first-order chi connectivity index (χ1) is 9.54. The van der Waals surface area contributed by atoms with E-state index in [1.54, 1.807) is 6.33 Å². The molecular weight excluding hydrogens is 340 g/mol. The Morgan fingerprint density at radius 3 is 2.80 bits per heavy atom. The van der Waals surface area contributed by atoms with Crippen LogP contribution in [0.5, 0.6) is 11.5 Å². The predicted octanol–water partition coefficient (Wildman–Crippen LogP) is 5.09. The number of halogens is 2. The van der Waals surface area contributed by atoms with Gasteiger partial charge in [0.15, 0.2) is 0 Å². The summed E-state index contributed by atoms with van der Waals surface area (Å²) in [7, 11) is 1.96. The van der Waals surface area contributed by atoms with Crippen LogP contribution in [0.3, 0.4) is 0 Å². The average Bonchev–Trinajstić information content (AvgIpc) is 2.75. The molecule has 0 spiro atoms. The second-order valence-electron chi connectivity index (χ2n) is 4.64.